The van der Waals surface area contributed by atoms with Crippen LogP contribution in [0.4, 0.5) is 4.39 Å². The first-order chi connectivity index (χ1) is 10.8. The van der Waals surface area contributed by atoms with Crippen molar-refractivity contribution in [3.05, 3.63) is 35.6 Å². The highest BCUT2D eigenvalue weighted by Gasteiger charge is 2.24. The third-order valence-corrected chi connectivity index (χ3v) is 3.00. The molecule has 2 atom stereocenters. The van der Waals surface area contributed by atoms with Gasteiger partial charge in [0, 0.05) is 19.8 Å². The lowest BCUT2D eigenvalue weighted by molar-refractivity contribution is -0.130. The van der Waals surface area contributed by atoms with E-state index in [-0.39, 0.29) is 12.8 Å². The normalized spacial score (nSPS) is 12.6. The van der Waals surface area contributed by atoms with Crippen LogP contribution in [0.1, 0.15) is 18.9 Å². The Morgan fingerprint density at radius 2 is 2.00 bits per heavy atom. The number of hydrogen-bond donors (Lipinski definition) is 3. The molecular formula is C16H18FN3O3. The molecule has 0 bridgehead atoms. The number of halogens is 1. The van der Waals surface area contributed by atoms with Crippen molar-refractivity contribution in [3.63, 3.8) is 0 Å². The summed E-state index contributed by atoms with van der Waals surface area (Å²) in [4.78, 5) is 34.8. The fourth-order valence-corrected chi connectivity index (χ4v) is 1.97. The van der Waals surface area contributed by atoms with Crippen molar-refractivity contribution in [2.24, 2.45) is 5.73 Å². The van der Waals surface area contributed by atoms with Crippen molar-refractivity contribution in [2.75, 3.05) is 0 Å². The van der Waals surface area contributed by atoms with E-state index in [1.54, 1.807) is 6.07 Å². The zero-order chi connectivity index (χ0) is 17.4. The maximum atomic E-state index is 13.2. The molecule has 7 heteroatoms. The maximum absolute atomic E-state index is 13.2. The summed E-state index contributed by atoms with van der Waals surface area (Å²) in [6.07, 6.45) is 5.12. The van der Waals surface area contributed by atoms with Crippen LogP contribution >= 0.6 is 0 Å². The van der Waals surface area contributed by atoms with Crippen molar-refractivity contribution in [3.8, 4) is 12.3 Å². The summed E-state index contributed by atoms with van der Waals surface area (Å²) in [7, 11) is 0. The standard InChI is InChI=1S/C16H18FN3O3/c1-3-5-13(15(18)22)20-16(23)14(19-10(2)21)9-11-6-4-7-12(17)8-11/h1,4,6-8,13-14H,5,9H2,2H3,(H2,18,22)(H,19,21)(H,20,23)/t13-,14+/m1/s1. The van der Waals surface area contributed by atoms with Gasteiger partial charge in [-0.25, -0.2) is 4.39 Å². The average Bonchev–Trinajstić information content (AvgIpc) is 2.45. The molecule has 0 heterocycles. The maximum Gasteiger partial charge on any atom is 0.243 e. The van der Waals surface area contributed by atoms with E-state index in [1.165, 1.54) is 25.1 Å². The van der Waals surface area contributed by atoms with E-state index in [0.717, 1.165) is 0 Å². The Hall–Kier alpha value is -2.88. The molecule has 0 aliphatic heterocycles. The van der Waals surface area contributed by atoms with Crippen LogP contribution in [-0.4, -0.2) is 29.8 Å². The lowest BCUT2D eigenvalue weighted by Gasteiger charge is -2.20. The van der Waals surface area contributed by atoms with Crippen LogP contribution in [0.2, 0.25) is 0 Å². The summed E-state index contributed by atoms with van der Waals surface area (Å²) >= 11 is 0. The highest BCUT2D eigenvalue weighted by Crippen LogP contribution is 2.07. The first-order valence-electron chi connectivity index (χ1n) is 6.88. The molecule has 4 N–H and O–H groups in total. The van der Waals surface area contributed by atoms with Crippen LogP contribution in [0.3, 0.4) is 0 Å². The molecule has 0 fully saturated rings. The van der Waals surface area contributed by atoms with Crippen LogP contribution in [0.25, 0.3) is 0 Å². The minimum absolute atomic E-state index is 0.0602. The second-order valence-electron chi connectivity index (χ2n) is 4.96. The highest BCUT2D eigenvalue weighted by molar-refractivity contribution is 5.91. The number of rotatable bonds is 7. The van der Waals surface area contributed by atoms with E-state index < -0.39 is 35.6 Å². The molecule has 6 nitrogen and oxygen atoms in total. The molecule has 3 amide bonds. The van der Waals surface area contributed by atoms with Crippen molar-refractivity contribution in [2.45, 2.75) is 31.8 Å². The van der Waals surface area contributed by atoms with E-state index >= 15 is 0 Å². The predicted molar refractivity (Wildman–Crippen MR) is 82.3 cm³/mol. The van der Waals surface area contributed by atoms with Gasteiger partial charge in [0.05, 0.1) is 0 Å². The van der Waals surface area contributed by atoms with Gasteiger partial charge in [0.1, 0.15) is 17.9 Å². The third kappa shape index (κ3) is 6.18. The van der Waals surface area contributed by atoms with E-state index in [0.29, 0.717) is 5.56 Å². The number of nitrogens with two attached hydrogens (primary N) is 1. The van der Waals surface area contributed by atoms with Crippen LogP contribution in [0, 0.1) is 18.2 Å². The summed E-state index contributed by atoms with van der Waals surface area (Å²) in [6, 6.07) is 3.64. The minimum atomic E-state index is -1.03. The third-order valence-electron chi connectivity index (χ3n) is 3.00. The number of nitrogens with one attached hydrogen (secondary N) is 2. The van der Waals surface area contributed by atoms with Crippen LogP contribution in [-0.2, 0) is 20.8 Å². The Labute approximate surface area is 133 Å². The lowest BCUT2D eigenvalue weighted by Crippen LogP contribution is -2.53. The van der Waals surface area contributed by atoms with Gasteiger partial charge in [-0.2, -0.15) is 0 Å². The quantitative estimate of drug-likeness (QED) is 0.610. The average molecular weight is 319 g/mol. The van der Waals surface area contributed by atoms with Gasteiger partial charge in [-0.15, -0.1) is 12.3 Å². The number of hydrogen-bond acceptors (Lipinski definition) is 3. The monoisotopic (exact) mass is 319 g/mol. The van der Waals surface area contributed by atoms with Crippen LogP contribution in [0.15, 0.2) is 24.3 Å². The molecule has 0 aliphatic rings. The van der Waals surface area contributed by atoms with Gasteiger partial charge in [0.15, 0.2) is 0 Å². The van der Waals surface area contributed by atoms with Gasteiger partial charge in [0.2, 0.25) is 17.7 Å². The molecule has 122 valence electrons. The Morgan fingerprint density at radius 3 is 2.52 bits per heavy atom. The lowest BCUT2D eigenvalue weighted by atomic mass is 10.0. The largest absolute Gasteiger partial charge is 0.368 e. The first kappa shape index (κ1) is 18.2. The molecule has 0 aliphatic carbocycles. The molecule has 0 unspecified atom stereocenters. The zero-order valence-electron chi connectivity index (χ0n) is 12.6. The van der Waals surface area contributed by atoms with Crippen molar-refractivity contribution in [1.29, 1.82) is 0 Å². The molecule has 0 spiro atoms. The van der Waals surface area contributed by atoms with Gasteiger partial charge < -0.3 is 16.4 Å². The Morgan fingerprint density at radius 1 is 1.30 bits per heavy atom. The summed E-state index contributed by atoms with van der Waals surface area (Å²) in [5.41, 5.74) is 5.68. The van der Waals surface area contributed by atoms with E-state index in [1.807, 2.05) is 0 Å². The zero-order valence-corrected chi connectivity index (χ0v) is 12.6. The van der Waals surface area contributed by atoms with E-state index in [4.69, 9.17) is 12.2 Å². The number of primary amides is 1. The highest BCUT2D eigenvalue weighted by atomic mass is 19.1. The van der Waals surface area contributed by atoms with Gasteiger partial charge >= 0.3 is 0 Å². The fraction of sp³-hybridized carbons (Fsp3) is 0.312. The van der Waals surface area contributed by atoms with E-state index in [2.05, 4.69) is 16.6 Å². The molecular weight excluding hydrogens is 301 g/mol. The number of amides is 3. The molecule has 23 heavy (non-hydrogen) atoms. The summed E-state index contributed by atoms with van der Waals surface area (Å²) in [5.74, 6) is -0.0453. The van der Waals surface area contributed by atoms with Gasteiger partial charge in [0.25, 0.3) is 0 Å². The van der Waals surface area contributed by atoms with Gasteiger partial charge in [-0.3, -0.25) is 14.4 Å². The Balaban J connectivity index is 2.88. The topological polar surface area (TPSA) is 101 Å². The number of carbonyl (C=O) groups excluding carboxylic acids is 3. The van der Waals surface area contributed by atoms with Crippen molar-refractivity contribution < 1.29 is 18.8 Å². The molecule has 1 rings (SSSR count). The van der Waals surface area contributed by atoms with Crippen LogP contribution < -0.4 is 16.4 Å². The van der Waals surface area contributed by atoms with Gasteiger partial charge in [-0.1, -0.05) is 12.1 Å². The molecule has 0 aromatic heterocycles. The SMILES string of the molecule is C#CC[C@@H](NC(=O)[C@H](Cc1cccc(F)c1)NC(C)=O)C(N)=O. The molecule has 0 saturated carbocycles. The summed E-state index contributed by atoms with van der Waals surface area (Å²) < 4.78 is 13.2. The Kier molecular flexibility index (Phi) is 6.74. The molecule has 0 saturated heterocycles. The van der Waals surface area contributed by atoms with Crippen molar-refractivity contribution in [1.82, 2.24) is 10.6 Å². The number of terminal acetylenes is 1. The number of carbonyl (C=O) groups is 3. The first-order valence-corrected chi connectivity index (χ1v) is 6.88. The predicted octanol–water partition coefficient (Wildman–Crippen LogP) is -0.134. The second-order valence-corrected chi connectivity index (χ2v) is 4.96. The molecule has 1 aromatic carbocycles. The minimum Gasteiger partial charge on any atom is -0.368 e. The smallest absolute Gasteiger partial charge is 0.243 e. The summed E-state index contributed by atoms with van der Waals surface area (Å²) in [6.45, 7) is 1.25. The van der Waals surface area contributed by atoms with Crippen molar-refractivity contribution >= 4 is 17.7 Å². The molecule has 0 radical (unpaired) electrons. The number of benzene rings is 1. The van der Waals surface area contributed by atoms with Crippen LogP contribution in [0.5, 0.6) is 0 Å². The summed E-state index contributed by atoms with van der Waals surface area (Å²) in [5, 5.41) is 4.85. The van der Waals surface area contributed by atoms with E-state index in [9.17, 15) is 18.8 Å². The molecule has 1 aromatic rings. The Bertz CT molecular complexity index is 640. The fourth-order valence-electron chi connectivity index (χ4n) is 1.97. The van der Waals surface area contributed by atoms with Gasteiger partial charge in [-0.05, 0) is 17.7 Å². The second kappa shape index (κ2) is 8.54.